The lowest BCUT2D eigenvalue weighted by molar-refractivity contribution is -0.114. The maximum absolute atomic E-state index is 11.8. The Labute approximate surface area is 129 Å². The molecule has 0 aliphatic rings. The highest BCUT2D eigenvalue weighted by Crippen LogP contribution is 2.14. The van der Waals surface area contributed by atoms with E-state index in [1.807, 2.05) is 12.1 Å². The summed E-state index contributed by atoms with van der Waals surface area (Å²) >= 11 is 3.32. The lowest BCUT2D eigenvalue weighted by atomic mass is 10.3. The summed E-state index contributed by atoms with van der Waals surface area (Å²) in [5.41, 5.74) is 6.59. The molecule has 0 fully saturated rings. The number of anilines is 2. The van der Waals surface area contributed by atoms with Gasteiger partial charge in [0, 0.05) is 22.0 Å². The number of amides is 2. The molecule has 0 bridgehead atoms. The highest BCUT2D eigenvalue weighted by atomic mass is 79.9. The smallest absolute Gasteiger partial charge is 0.267 e. The summed E-state index contributed by atoms with van der Waals surface area (Å²) < 4.78 is 0.939. The Morgan fingerprint density at radius 2 is 1.86 bits per heavy atom. The van der Waals surface area contributed by atoms with Gasteiger partial charge in [-0.25, -0.2) is 0 Å². The molecule has 0 unspecified atom stereocenters. The molecule has 21 heavy (non-hydrogen) atoms. The van der Waals surface area contributed by atoms with Crippen LogP contribution in [0.2, 0.25) is 0 Å². The lowest BCUT2D eigenvalue weighted by Crippen LogP contribution is -2.22. The highest BCUT2D eigenvalue weighted by molar-refractivity contribution is 9.10. The molecule has 2 rings (SSSR count). The second kappa shape index (κ2) is 6.85. The number of benzene rings is 1. The molecule has 6 nitrogen and oxygen atoms in total. The third kappa shape index (κ3) is 4.57. The standard InChI is InChI=1S/C14H13BrN4O2/c15-9-1-3-10(4-2-9)19-13(20)8-18-11-5-6-17-12(7-11)14(16)21/h1-7H,8H2,(H2,16,21)(H,17,18)(H,19,20). The van der Waals surface area contributed by atoms with Crippen LogP contribution in [-0.4, -0.2) is 23.3 Å². The Morgan fingerprint density at radius 3 is 2.52 bits per heavy atom. The monoisotopic (exact) mass is 348 g/mol. The van der Waals surface area contributed by atoms with E-state index in [4.69, 9.17) is 5.73 Å². The first-order valence-corrected chi connectivity index (χ1v) is 6.89. The summed E-state index contributed by atoms with van der Waals surface area (Å²) in [6.07, 6.45) is 1.45. The maximum Gasteiger partial charge on any atom is 0.267 e. The van der Waals surface area contributed by atoms with Gasteiger partial charge in [0.05, 0.1) is 6.54 Å². The van der Waals surface area contributed by atoms with Crippen LogP contribution >= 0.6 is 15.9 Å². The minimum Gasteiger partial charge on any atom is -0.376 e. The molecule has 0 atom stereocenters. The van der Waals surface area contributed by atoms with E-state index >= 15 is 0 Å². The quantitative estimate of drug-likeness (QED) is 0.769. The zero-order valence-corrected chi connectivity index (χ0v) is 12.6. The van der Waals surface area contributed by atoms with Gasteiger partial charge in [0.15, 0.2) is 0 Å². The number of rotatable bonds is 5. The normalized spacial score (nSPS) is 9.95. The van der Waals surface area contributed by atoms with Gasteiger partial charge in [-0.3, -0.25) is 14.6 Å². The third-order valence-electron chi connectivity index (χ3n) is 2.59. The fourth-order valence-electron chi connectivity index (χ4n) is 1.60. The number of halogens is 1. The summed E-state index contributed by atoms with van der Waals surface area (Å²) in [6.45, 7) is 0.0677. The molecule has 0 saturated heterocycles. The molecule has 4 N–H and O–H groups in total. The Bertz CT molecular complexity index is 658. The number of hydrogen-bond acceptors (Lipinski definition) is 4. The molecule has 2 amide bonds. The molecule has 7 heteroatoms. The summed E-state index contributed by atoms with van der Waals surface area (Å²) in [4.78, 5) is 26.6. The van der Waals surface area contributed by atoms with Crippen LogP contribution in [0.5, 0.6) is 0 Å². The average Bonchev–Trinajstić information content (AvgIpc) is 2.48. The molecule has 0 aliphatic heterocycles. The van der Waals surface area contributed by atoms with Gasteiger partial charge in [0.2, 0.25) is 5.91 Å². The van der Waals surface area contributed by atoms with Crippen LogP contribution in [0.1, 0.15) is 10.5 Å². The van der Waals surface area contributed by atoms with Crippen LogP contribution in [0.4, 0.5) is 11.4 Å². The van der Waals surface area contributed by atoms with Gasteiger partial charge in [-0.05, 0) is 36.4 Å². The molecule has 1 aromatic heterocycles. The predicted molar refractivity (Wildman–Crippen MR) is 84.0 cm³/mol. The number of carbonyl (C=O) groups is 2. The van der Waals surface area contributed by atoms with Crippen molar-refractivity contribution in [2.75, 3.05) is 17.2 Å². The Hall–Kier alpha value is -2.41. The minimum atomic E-state index is -0.613. The number of nitrogens with zero attached hydrogens (tertiary/aromatic N) is 1. The van der Waals surface area contributed by atoms with Gasteiger partial charge in [0.25, 0.3) is 5.91 Å². The summed E-state index contributed by atoms with van der Waals surface area (Å²) in [7, 11) is 0. The fraction of sp³-hybridized carbons (Fsp3) is 0.0714. The van der Waals surface area contributed by atoms with E-state index in [-0.39, 0.29) is 18.1 Å². The second-order valence-corrected chi connectivity index (χ2v) is 5.12. The highest BCUT2D eigenvalue weighted by Gasteiger charge is 2.05. The first kappa shape index (κ1) is 15.0. The fourth-order valence-corrected chi connectivity index (χ4v) is 1.86. The zero-order valence-electron chi connectivity index (χ0n) is 11.0. The van der Waals surface area contributed by atoms with Crippen LogP contribution < -0.4 is 16.4 Å². The Kier molecular flexibility index (Phi) is 4.89. The van der Waals surface area contributed by atoms with Gasteiger partial charge in [0.1, 0.15) is 5.69 Å². The molecule has 0 radical (unpaired) electrons. The molecular weight excluding hydrogens is 336 g/mol. The molecule has 1 aromatic carbocycles. The van der Waals surface area contributed by atoms with Gasteiger partial charge in [-0.1, -0.05) is 15.9 Å². The molecule has 0 saturated carbocycles. The van der Waals surface area contributed by atoms with Crippen molar-refractivity contribution in [1.82, 2.24) is 4.98 Å². The van der Waals surface area contributed by atoms with Crippen molar-refractivity contribution in [2.24, 2.45) is 5.73 Å². The van der Waals surface area contributed by atoms with Gasteiger partial charge in [-0.2, -0.15) is 0 Å². The van der Waals surface area contributed by atoms with E-state index in [9.17, 15) is 9.59 Å². The van der Waals surface area contributed by atoms with Crippen molar-refractivity contribution in [2.45, 2.75) is 0 Å². The van der Waals surface area contributed by atoms with Crippen molar-refractivity contribution >= 4 is 39.1 Å². The first-order chi connectivity index (χ1) is 10.0. The van der Waals surface area contributed by atoms with Crippen molar-refractivity contribution < 1.29 is 9.59 Å². The van der Waals surface area contributed by atoms with E-state index in [1.54, 1.807) is 18.2 Å². The van der Waals surface area contributed by atoms with Gasteiger partial charge < -0.3 is 16.4 Å². The topological polar surface area (TPSA) is 97.1 Å². The maximum atomic E-state index is 11.8. The SMILES string of the molecule is NC(=O)c1cc(NCC(=O)Nc2ccc(Br)cc2)ccn1. The van der Waals surface area contributed by atoms with Crippen LogP contribution in [0.3, 0.4) is 0 Å². The molecular formula is C14H13BrN4O2. The van der Waals surface area contributed by atoms with Crippen molar-refractivity contribution in [1.29, 1.82) is 0 Å². The van der Waals surface area contributed by atoms with E-state index in [0.29, 0.717) is 11.4 Å². The molecule has 2 aromatic rings. The second-order valence-electron chi connectivity index (χ2n) is 4.20. The summed E-state index contributed by atoms with van der Waals surface area (Å²) in [6, 6.07) is 10.4. The van der Waals surface area contributed by atoms with Crippen LogP contribution in [0, 0.1) is 0 Å². The third-order valence-corrected chi connectivity index (χ3v) is 3.12. The first-order valence-electron chi connectivity index (χ1n) is 6.10. The lowest BCUT2D eigenvalue weighted by Gasteiger charge is -2.08. The number of hydrogen-bond donors (Lipinski definition) is 3. The molecule has 108 valence electrons. The van der Waals surface area contributed by atoms with Crippen LogP contribution in [0.15, 0.2) is 47.1 Å². The number of carbonyl (C=O) groups excluding carboxylic acids is 2. The van der Waals surface area contributed by atoms with Crippen LogP contribution in [-0.2, 0) is 4.79 Å². The van der Waals surface area contributed by atoms with Crippen molar-refractivity contribution in [3.63, 3.8) is 0 Å². The van der Waals surface area contributed by atoms with Crippen molar-refractivity contribution in [3.8, 4) is 0 Å². The molecule has 0 spiro atoms. The summed E-state index contributed by atoms with van der Waals surface area (Å²) in [5, 5.41) is 5.65. The number of aromatic nitrogens is 1. The van der Waals surface area contributed by atoms with E-state index in [0.717, 1.165) is 4.47 Å². The Balaban J connectivity index is 1.90. The largest absolute Gasteiger partial charge is 0.376 e. The number of primary amides is 1. The average molecular weight is 349 g/mol. The molecule has 1 heterocycles. The van der Waals surface area contributed by atoms with Crippen LogP contribution in [0.25, 0.3) is 0 Å². The van der Waals surface area contributed by atoms with Gasteiger partial charge >= 0.3 is 0 Å². The molecule has 0 aliphatic carbocycles. The van der Waals surface area contributed by atoms with E-state index in [2.05, 4.69) is 31.5 Å². The zero-order chi connectivity index (χ0) is 15.2. The number of pyridine rings is 1. The summed E-state index contributed by atoms with van der Waals surface area (Å²) in [5.74, 6) is -0.812. The minimum absolute atomic E-state index is 0.0677. The predicted octanol–water partition coefficient (Wildman–Crippen LogP) is 1.99. The number of nitrogens with one attached hydrogen (secondary N) is 2. The van der Waals surface area contributed by atoms with Gasteiger partial charge in [-0.15, -0.1) is 0 Å². The van der Waals surface area contributed by atoms with E-state index < -0.39 is 5.91 Å². The van der Waals surface area contributed by atoms with Crippen molar-refractivity contribution in [3.05, 3.63) is 52.8 Å². The van der Waals surface area contributed by atoms with E-state index in [1.165, 1.54) is 12.3 Å². The Morgan fingerprint density at radius 1 is 1.14 bits per heavy atom. The number of nitrogens with two attached hydrogens (primary N) is 1.